The molecule has 1 N–H and O–H groups in total. The van der Waals surface area contributed by atoms with E-state index in [1.165, 1.54) is 29.3 Å². The van der Waals surface area contributed by atoms with E-state index in [2.05, 4.69) is 54.7 Å². The third-order valence-corrected chi connectivity index (χ3v) is 9.64. The third-order valence-electron chi connectivity index (χ3n) is 8.70. The van der Waals surface area contributed by atoms with Gasteiger partial charge in [0.15, 0.2) is 0 Å². The van der Waals surface area contributed by atoms with E-state index < -0.39 is 21.6 Å². The Morgan fingerprint density at radius 3 is 1.96 bits per heavy atom. The molecule has 0 saturated carbocycles. The summed E-state index contributed by atoms with van der Waals surface area (Å²) in [4.78, 5) is 10.3. The molecule has 278 valence electrons. The number of halogens is 3. The van der Waals surface area contributed by atoms with Crippen LogP contribution in [0.2, 0.25) is 0 Å². The van der Waals surface area contributed by atoms with Crippen molar-refractivity contribution in [1.82, 2.24) is 29.2 Å². The van der Waals surface area contributed by atoms with E-state index in [1.807, 2.05) is 47.1 Å². The second-order valence-corrected chi connectivity index (χ2v) is 13.6. The van der Waals surface area contributed by atoms with Gasteiger partial charge in [-0.3, -0.25) is 0 Å². The van der Waals surface area contributed by atoms with E-state index in [0.717, 1.165) is 47.4 Å². The number of anilines is 3. The van der Waals surface area contributed by atoms with Gasteiger partial charge >= 0.3 is 21.6 Å². The Morgan fingerprint density at radius 2 is 1.35 bits per heavy atom. The van der Waals surface area contributed by atoms with Crippen molar-refractivity contribution >= 4 is 38.5 Å². The number of ether oxygens (including phenoxy) is 2. The van der Waals surface area contributed by atoms with E-state index in [1.54, 1.807) is 43.5 Å². The van der Waals surface area contributed by atoms with Crippen molar-refractivity contribution in [2.24, 2.45) is 0 Å². The fourth-order valence-corrected chi connectivity index (χ4v) is 6.48. The van der Waals surface area contributed by atoms with Crippen molar-refractivity contribution in [3.05, 3.63) is 109 Å². The van der Waals surface area contributed by atoms with Crippen molar-refractivity contribution in [3.8, 4) is 40.0 Å². The molecule has 0 radical (unpaired) electrons. The van der Waals surface area contributed by atoms with E-state index in [-0.39, 0.29) is 0 Å². The molecular formula is C37H33F3N8O5S. The Kier molecular flexibility index (Phi) is 9.72. The summed E-state index contributed by atoms with van der Waals surface area (Å²) < 4.78 is 77.3. The van der Waals surface area contributed by atoms with Crippen LogP contribution in [0.25, 0.3) is 33.5 Å². The predicted molar refractivity (Wildman–Crippen MR) is 197 cm³/mol. The molecule has 13 nitrogen and oxygen atoms in total. The number of hydrogen-bond donors (Lipinski definition) is 1. The first-order chi connectivity index (χ1) is 26.0. The molecule has 5 heterocycles. The van der Waals surface area contributed by atoms with Crippen LogP contribution in [-0.4, -0.2) is 70.9 Å². The smallest absolute Gasteiger partial charge is 0.496 e. The molecule has 0 amide bonds. The summed E-state index contributed by atoms with van der Waals surface area (Å²) >= 11 is 0. The molecule has 17 heteroatoms. The van der Waals surface area contributed by atoms with Crippen LogP contribution in [0.15, 0.2) is 103 Å². The molecule has 0 atom stereocenters. The van der Waals surface area contributed by atoms with E-state index in [9.17, 15) is 21.6 Å². The number of nitrogens with one attached hydrogen (secondary N) is 1. The summed E-state index contributed by atoms with van der Waals surface area (Å²) in [6, 6.07) is 27.7. The first-order valence-corrected chi connectivity index (χ1v) is 17.9. The Morgan fingerprint density at radius 1 is 0.759 bits per heavy atom. The van der Waals surface area contributed by atoms with Crippen molar-refractivity contribution in [3.63, 3.8) is 0 Å². The third kappa shape index (κ3) is 7.17. The highest BCUT2D eigenvalue weighted by atomic mass is 32.2. The molecule has 0 bridgehead atoms. The normalized spacial score (nSPS) is 12.9. The number of para-hydroxylation sites is 2. The number of alkyl halides is 3. The highest BCUT2D eigenvalue weighted by Crippen LogP contribution is 2.34. The molecular weight excluding hydrogens is 726 g/mol. The number of methoxy groups -OCH3 is 2. The van der Waals surface area contributed by atoms with Crippen LogP contribution in [0.4, 0.5) is 30.5 Å². The summed E-state index contributed by atoms with van der Waals surface area (Å²) in [6.45, 7) is 1.09. The fourth-order valence-electron chi connectivity index (χ4n) is 6.11. The number of benzene rings is 3. The van der Waals surface area contributed by atoms with Gasteiger partial charge in [-0.15, -0.1) is 10.2 Å². The van der Waals surface area contributed by atoms with Gasteiger partial charge in [0, 0.05) is 36.1 Å². The van der Waals surface area contributed by atoms with Crippen molar-refractivity contribution in [1.29, 1.82) is 0 Å². The minimum atomic E-state index is -5.86. The number of hydrogen-bond acceptors (Lipinski definition) is 11. The molecule has 0 aliphatic carbocycles. The Bertz CT molecular complexity index is 2580. The van der Waals surface area contributed by atoms with Crippen molar-refractivity contribution < 1.29 is 35.2 Å². The van der Waals surface area contributed by atoms with Gasteiger partial charge < -0.3 is 23.9 Å². The molecule has 3 aromatic carbocycles. The van der Waals surface area contributed by atoms with Crippen LogP contribution in [-0.2, 0) is 16.5 Å². The number of rotatable bonds is 8. The fraction of sp³-hybridized carbons (Fsp3) is 0.189. The topological polar surface area (TPSA) is 137 Å². The highest BCUT2D eigenvalue weighted by molar-refractivity contribution is 7.87. The van der Waals surface area contributed by atoms with Gasteiger partial charge in [-0.25, -0.2) is 14.0 Å². The standard InChI is InChI=1S/C23H23N5O.C14H10F3N3O4S/c1-27-13-5-6-16-9-10-17(14-21(16)27)25-23-24-15-18-11-12-20(28(18)26-23)19-7-3-4-8-22(19)29-2;1-23-12-5-3-2-4-10(12)11-7-6-9-8-18-13(19-20(9)11)24-25(21,22)14(15,16)17/h3-4,7-12,14-15H,5-6,13H2,1-2H3,(H,25,26);2-8H,1H3. The Hall–Kier alpha value is -6.36. The number of aryl methyl sites for hydroxylation is 1. The molecule has 0 spiro atoms. The molecule has 8 rings (SSSR count). The zero-order valence-corrected chi connectivity index (χ0v) is 30.0. The van der Waals surface area contributed by atoms with Gasteiger partial charge in [-0.1, -0.05) is 30.3 Å². The maximum Gasteiger partial charge on any atom is 0.534 e. The molecule has 0 fully saturated rings. The maximum atomic E-state index is 12.4. The summed E-state index contributed by atoms with van der Waals surface area (Å²) in [5.74, 6) is 1.88. The molecule has 1 aliphatic rings. The van der Waals surface area contributed by atoms with Crippen molar-refractivity contribution in [2.75, 3.05) is 38.0 Å². The average molecular weight is 759 g/mol. The minimum absolute atomic E-state index is 0.428. The molecule has 54 heavy (non-hydrogen) atoms. The van der Waals surface area contributed by atoms with Gasteiger partial charge in [0.1, 0.15) is 11.5 Å². The first kappa shape index (κ1) is 36.0. The second kappa shape index (κ2) is 14.6. The lowest BCUT2D eigenvalue weighted by atomic mass is 10.0. The van der Waals surface area contributed by atoms with Gasteiger partial charge in [-0.2, -0.15) is 26.6 Å². The van der Waals surface area contributed by atoms with Gasteiger partial charge in [0.2, 0.25) is 5.95 Å². The number of nitrogens with zero attached hydrogens (tertiary/aromatic N) is 7. The summed E-state index contributed by atoms with van der Waals surface area (Å²) in [7, 11) is -0.563. The van der Waals surface area contributed by atoms with Crippen LogP contribution >= 0.6 is 0 Å². The monoisotopic (exact) mass is 758 g/mol. The number of fused-ring (bicyclic) bond motifs is 3. The molecule has 1 aliphatic heterocycles. The molecule has 0 unspecified atom stereocenters. The maximum absolute atomic E-state index is 12.4. The van der Waals surface area contributed by atoms with Crippen molar-refractivity contribution in [2.45, 2.75) is 18.3 Å². The lowest BCUT2D eigenvalue weighted by Gasteiger charge is -2.28. The van der Waals surface area contributed by atoms with Gasteiger partial charge in [0.25, 0.3) is 0 Å². The van der Waals surface area contributed by atoms with Gasteiger partial charge in [-0.05, 0) is 79.1 Å². The largest absolute Gasteiger partial charge is 0.534 e. The zero-order chi connectivity index (χ0) is 38.0. The van der Waals surface area contributed by atoms with Crippen LogP contribution in [0.3, 0.4) is 0 Å². The van der Waals surface area contributed by atoms with Crippen LogP contribution < -0.4 is 23.9 Å². The molecule has 7 aromatic rings. The number of aromatic nitrogens is 6. The lowest BCUT2D eigenvalue weighted by Crippen LogP contribution is -2.28. The lowest BCUT2D eigenvalue weighted by molar-refractivity contribution is -0.0503. The Labute approximate surface area is 307 Å². The van der Waals surface area contributed by atoms with Crippen LogP contribution in [0.1, 0.15) is 12.0 Å². The van der Waals surface area contributed by atoms with E-state index in [4.69, 9.17) is 14.6 Å². The van der Waals surface area contributed by atoms with Crippen LogP contribution in [0, 0.1) is 0 Å². The summed E-state index contributed by atoms with van der Waals surface area (Å²) in [5.41, 5.74) is 2.47. The van der Waals surface area contributed by atoms with Crippen LogP contribution in [0.5, 0.6) is 17.5 Å². The molecule has 0 saturated heterocycles. The Balaban J connectivity index is 0.000000169. The first-order valence-electron chi connectivity index (χ1n) is 16.5. The minimum Gasteiger partial charge on any atom is -0.496 e. The summed E-state index contributed by atoms with van der Waals surface area (Å²) in [5, 5.41) is 11.8. The second-order valence-electron chi connectivity index (χ2n) is 12.1. The predicted octanol–water partition coefficient (Wildman–Crippen LogP) is 7.16. The van der Waals surface area contributed by atoms with E-state index in [0.29, 0.717) is 28.5 Å². The average Bonchev–Trinajstić information content (AvgIpc) is 3.79. The van der Waals surface area contributed by atoms with Gasteiger partial charge in [0.05, 0.1) is 49.0 Å². The quantitative estimate of drug-likeness (QED) is 0.125. The zero-order valence-electron chi connectivity index (χ0n) is 29.2. The molecule has 4 aromatic heterocycles. The SMILES string of the molecule is COc1ccccc1-c1ccc2cnc(Nc3ccc4c(c3)N(C)CCC4)nn12.COc1ccccc1-c1ccc2cnc(OS(=O)(=O)C(F)(F)F)nn12. The highest BCUT2D eigenvalue weighted by Gasteiger charge is 2.49. The van der Waals surface area contributed by atoms with E-state index >= 15 is 0 Å². The summed E-state index contributed by atoms with van der Waals surface area (Å²) in [6.07, 6.45) is 5.31.